The number of aliphatic carboxylic acids is 1. The van der Waals surface area contributed by atoms with E-state index in [4.69, 9.17) is 5.11 Å². The van der Waals surface area contributed by atoms with E-state index in [1.807, 2.05) is 0 Å². The molecule has 0 radical (unpaired) electrons. The highest BCUT2D eigenvalue weighted by Gasteiger charge is 2.09. The van der Waals surface area contributed by atoms with Crippen LogP contribution in [0.3, 0.4) is 0 Å². The van der Waals surface area contributed by atoms with Crippen LogP contribution in [0.4, 0.5) is 0 Å². The Morgan fingerprint density at radius 2 is 0.600 bits per heavy atom. The molecule has 1 unspecified atom stereocenters. The first-order valence-corrected chi connectivity index (χ1v) is 18.9. The molecule has 2 nitrogen and oxygen atoms in total. The van der Waals surface area contributed by atoms with E-state index >= 15 is 0 Å². The number of hydrogen-bond donors (Lipinski definition) is 1. The Labute approximate surface area is 253 Å². The molecular formula is C38H76O2. The highest BCUT2D eigenvalue weighted by molar-refractivity contribution is 5.66. The van der Waals surface area contributed by atoms with Gasteiger partial charge in [-0.2, -0.15) is 0 Å². The number of hydrogen-bond acceptors (Lipinski definition) is 1. The SMILES string of the molecule is CCCCCCCCCCCC(CCCCCCCC)CCCCCCCCCCCCCCCCCC(=O)O. The Kier molecular flexibility index (Phi) is 34.2. The first-order valence-electron chi connectivity index (χ1n) is 18.9. The van der Waals surface area contributed by atoms with Crippen molar-refractivity contribution in [3.63, 3.8) is 0 Å². The zero-order valence-electron chi connectivity index (χ0n) is 28.0. The molecule has 0 aliphatic heterocycles. The van der Waals surface area contributed by atoms with E-state index in [0.717, 1.165) is 18.8 Å². The molecule has 40 heavy (non-hydrogen) atoms. The van der Waals surface area contributed by atoms with Gasteiger partial charge in [-0.1, -0.05) is 219 Å². The van der Waals surface area contributed by atoms with E-state index < -0.39 is 5.97 Å². The molecule has 0 saturated heterocycles. The average molecular weight is 565 g/mol. The molecule has 2 heteroatoms. The molecule has 0 aromatic heterocycles. The normalized spacial score (nSPS) is 12.2. The Morgan fingerprint density at radius 3 is 0.850 bits per heavy atom. The molecule has 240 valence electrons. The van der Waals surface area contributed by atoms with Crippen molar-refractivity contribution in [3.05, 3.63) is 0 Å². The average Bonchev–Trinajstić information content (AvgIpc) is 2.94. The van der Waals surface area contributed by atoms with Crippen molar-refractivity contribution >= 4 is 5.97 Å². The van der Waals surface area contributed by atoms with Gasteiger partial charge in [-0.05, 0) is 12.3 Å². The highest BCUT2D eigenvalue weighted by atomic mass is 16.4. The maximum atomic E-state index is 10.5. The third-order valence-electron chi connectivity index (χ3n) is 9.18. The topological polar surface area (TPSA) is 37.3 Å². The summed E-state index contributed by atoms with van der Waals surface area (Å²) in [5, 5.41) is 8.67. The van der Waals surface area contributed by atoms with Crippen molar-refractivity contribution in [3.8, 4) is 0 Å². The fourth-order valence-corrected chi connectivity index (χ4v) is 6.40. The van der Waals surface area contributed by atoms with Crippen LogP contribution in [0.5, 0.6) is 0 Å². The maximum Gasteiger partial charge on any atom is 0.303 e. The summed E-state index contributed by atoms with van der Waals surface area (Å²) >= 11 is 0. The second-order valence-corrected chi connectivity index (χ2v) is 13.3. The van der Waals surface area contributed by atoms with E-state index in [2.05, 4.69) is 13.8 Å². The lowest BCUT2D eigenvalue weighted by Crippen LogP contribution is -2.01. The van der Waals surface area contributed by atoms with Crippen molar-refractivity contribution in [2.45, 2.75) is 232 Å². The molecule has 1 N–H and O–H groups in total. The summed E-state index contributed by atoms with van der Waals surface area (Å²) in [7, 11) is 0. The van der Waals surface area contributed by atoms with Crippen LogP contribution in [0.1, 0.15) is 232 Å². The fourth-order valence-electron chi connectivity index (χ4n) is 6.40. The molecule has 0 aliphatic carbocycles. The third kappa shape index (κ3) is 33.7. The van der Waals surface area contributed by atoms with Gasteiger partial charge < -0.3 is 5.11 Å². The van der Waals surface area contributed by atoms with E-state index in [0.29, 0.717) is 6.42 Å². The number of carboxylic acid groups (broad SMARTS) is 1. The van der Waals surface area contributed by atoms with Gasteiger partial charge in [0.15, 0.2) is 0 Å². The van der Waals surface area contributed by atoms with Crippen molar-refractivity contribution in [2.75, 3.05) is 0 Å². The lowest BCUT2D eigenvalue weighted by molar-refractivity contribution is -0.137. The van der Waals surface area contributed by atoms with Gasteiger partial charge >= 0.3 is 5.97 Å². The Morgan fingerprint density at radius 1 is 0.375 bits per heavy atom. The largest absolute Gasteiger partial charge is 0.481 e. The van der Waals surface area contributed by atoms with Gasteiger partial charge in [-0.3, -0.25) is 4.79 Å². The van der Waals surface area contributed by atoms with E-state index in [9.17, 15) is 4.79 Å². The van der Waals surface area contributed by atoms with Crippen LogP contribution in [-0.2, 0) is 4.79 Å². The molecule has 1 atom stereocenters. The van der Waals surface area contributed by atoms with Crippen LogP contribution in [0.25, 0.3) is 0 Å². The summed E-state index contributed by atoms with van der Waals surface area (Å²) in [5.41, 5.74) is 0. The Balaban J connectivity index is 3.68. The van der Waals surface area contributed by atoms with Gasteiger partial charge in [0, 0.05) is 6.42 Å². The molecule has 0 saturated carbocycles. The minimum atomic E-state index is -0.646. The molecule has 0 aromatic carbocycles. The van der Waals surface area contributed by atoms with Gasteiger partial charge in [-0.25, -0.2) is 0 Å². The monoisotopic (exact) mass is 565 g/mol. The smallest absolute Gasteiger partial charge is 0.303 e. The molecule has 0 aliphatic rings. The number of carbonyl (C=O) groups is 1. The Bertz CT molecular complexity index is 474. The first-order chi connectivity index (χ1) is 19.7. The van der Waals surface area contributed by atoms with Crippen LogP contribution in [0, 0.1) is 5.92 Å². The molecule has 0 aromatic rings. The summed E-state index contributed by atoms with van der Waals surface area (Å²) < 4.78 is 0. The predicted molar refractivity (Wildman–Crippen MR) is 179 cm³/mol. The van der Waals surface area contributed by atoms with Gasteiger partial charge in [0.05, 0.1) is 0 Å². The summed E-state index contributed by atoms with van der Waals surface area (Å²) in [5.74, 6) is 0.368. The van der Waals surface area contributed by atoms with Crippen LogP contribution >= 0.6 is 0 Å². The van der Waals surface area contributed by atoms with Crippen LogP contribution in [-0.4, -0.2) is 11.1 Å². The summed E-state index contributed by atoms with van der Waals surface area (Å²) in [4.78, 5) is 10.5. The van der Waals surface area contributed by atoms with Gasteiger partial charge in [0.1, 0.15) is 0 Å². The van der Waals surface area contributed by atoms with E-state index in [-0.39, 0.29) is 0 Å². The molecule has 0 heterocycles. The molecular weight excluding hydrogens is 488 g/mol. The second-order valence-electron chi connectivity index (χ2n) is 13.3. The number of unbranched alkanes of at least 4 members (excludes halogenated alkanes) is 27. The number of carboxylic acids is 1. The standard InChI is InChI=1S/C38H76O2/c1-3-5-7-9-11-19-22-26-30-34-37(33-29-25-10-8-6-4-2)35-31-27-23-20-17-15-13-12-14-16-18-21-24-28-32-36-38(39)40/h37H,3-36H2,1-2H3,(H,39,40). The van der Waals surface area contributed by atoms with Crippen molar-refractivity contribution < 1.29 is 9.90 Å². The zero-order valence-corrected chi connectivity index (χ0v) is 28.0. The molecule has 0 amide bonds. The Hall–Kier alpha value is -0.530. The van der Waals surface area contributed by atoms with E-state index in [1.54, 1.807) is 0 Å². The summed E-state index contributed by atoms with van der Waals surface area (Å²) in [6.45, 7) is 4.63. The minimum Gasteiger partial charge on any atom is -0.481 e. The van der Waals surface area contributed by atoms with Crippen molar-refractivity contribution in [1.82, 2.24) is 0 Å². The predicted octanol–water partition coefficient (Wildman–Crippen LogP) is 14.0. The zero-order chi connectivity index (χ0) is 29.2. The maximum absolute atomic E-state index is 10.5. The van der Waals surface area contributed by atoms with Crippen molar-refractivity contribution in [2.24, 2.45) is 5.92 Å². The minimum absolute atomic E-state index is 0.346. The summed E-state index contributed by atoms with van der Waals surface area (Å²) in [6.07, 6.45) is 46.8. The molecule has 0 rings (SSSR count). The van der Waals surface area contributed by atoms with Gasteiger partial charge in [0.2, 0.25) is 0 Å². The fraction of sp³-hybridized carbons (Fsp3) is 0.974. The highest BCUT2D eigenvalue weighted by Crippen LogP contribution is 2.25. The molecule has 0 bridgehead atoms. The second kappa shape index (κ2) is 34.7. The number of rotatable bonds is 35. The lowest BCUT2D eigenvalue weighted by atomic mass is 9.89. The van der Waals surface area contributed by atoms with E-state index in [1.165, 1.54) is 199 Å². The van der Waals surface area contributed by atoms with Gasteiger partial charge in [-0.15, -0.1) is 0 Å². The molecule has 0 spiro atoms. The lowest BCUT2D eigenvalue weighted by Gasteiger charge is -2.17. The third-order valence-corrected chi connectivity index (χ3v) is 9.18. The van der Waals surface area contributed by atoms with Gasteiger partial charge in [0.25, 0.3) is 0 Å². The summed E-state index contributed by atoms with van der Waals surface area (Å²) in [6, 6.07) is 0. The van der Waals surface area contributed by atoms with Crippen LogP contribution in [0.15, 0.2) is 0 Å². The van der Waals surface area contributed by atoms with Crippen LogP contribution < -0.4 is 0 Å². The first kappa shape index (κ1) is 39.5. The van der Waals surface area contributed by atoms with Crippen molar-refractivity contribution in [1.29, 1.82) is 0 Å². The quantitative estimate of drug-likeness (QED) is 0.0777. The molecule has 0 fully saturated rings. The van der Waals surface area contributed by atoms with Crippen LogP contribution in [0.2, 0.25) is 0 Å².